The largest absolute Gasteiger partial charge is 0.452 e. The van der Waals surface area contributed by atoms with Gasteiger partial charge in [-0.2, -0.15) is 0 Å². The van der Waals surface area contributed by atoms with Crippen molar-refractivity contribution in [3.63, 3.8) is 0 Å². The highest BCUT2D eigenvalue weighted by atomic mass is 79.9. The maximum absolute atomic E-state index is 13.3. The number of benzene rings is 1. The van der Waals surface area contributed by atoms with Crippen molar-refractivity contribution in [2.24, 2.45) is 0 Å². The predicted molar refractivity (Wildman–Crippen MR) is 81.4 cm³/mol. The van der Waals surface area contributed by atoms with Gasteiger partial charge in [0.15, 0.2) is 11.3 Å². The first-order valence-corrected chi connectivity index (χ1v) is 7.09. The number of carbonyl (C=O) groups excluding carboxylic acids is 2. The monoisotopic (exact) mass is 385 g/mol. The van der Waals surface area contributed by atoms with Crippen LogP contribution in [0, 0.1) is 11.6 Å². The normalized spacial score (nSPS) is 10.7. The summed E-state index contributed by atoms with van der Waals surface area (Å²) in [5.41, 5.74) is -0.593. The molecule has 1 N–H and O–H groups in total. The van der Waals surface area contributed by atoms with E-state index in [9.17, 15) is 18.4 Å². The van der Waals surface area contributed by atoms with Crippen LogP contribution in [0.3, 0.4) is 0 Å². The number of hydrogen-bond donors (Lipinski definition) is 1. The molecule has 0 atom stereocenters. The Bertz CT molecular complexity index is 737. The number of para-hydroxylation sites is 1. The summed E-state index contributed by atoms with van der Waals surface area (Å²) in [5.74, 6) is -3.11. The van der Waals surface area contributed by atoms with Crippen molar-refractivity contribution >= 4 is 39.6 Å². The fraction of sp³-hybridized carbons (Fsp3) is 0.0667. The SMILES string of the molecule is O=C(COC(=O)/C=C/c1ccc(Br)o1)Nc1c(F)cccc1F. The van der Waals surface area contributed by atoms with Crippen molar-refractivity contribution in [2.45, 2.75) is 0 Å². The van der Waals surface area contributed by atoms with Crippen LogP contribution in [0.15, 0.2) is 45.5 Å². The lowest BCUT2D eigenvalue weighted by Gasteiger charge is -2.07. The van der Waals surface area contributed by atoms with Crippen LogP contribution in [0.4, 0.5) is 14.5 Å². The lowest BCUT2D eigenvalue weighted by Crippen LogP contribution is -2.21. The Kier molecular flexibility index (Phi) is 5.64. The zero-order valence-corrected chi connectivity index (χ0v) is 13.1. The molecule has 2 aromatic rings. The molecule has 1 aromatic carbocycles. The van der Waals surface area contributed by atoms with Gasteiger partial charge >= 0.3 is 5.97 Å². The summed E-state index contributed by atoms with van der Waals surface area (Å²) < 4.78 is 36.9. The zero-order chi connectivity index (χ0) is 16.8. The molecule has 120 valence electrons. The summed E-state index contributed by atoms with van der Waals surface area (Å²) in [7, 11) is 0. The van der Waals surface area contributed by atoms with Gasteiger partial charge in [-0.05, 0) is 46.3 Å². The van der Waals surface area contributed by atoms with Crippen LogP contribution in [0.2, 0.25) is 0 Å². The number of nitrogens with one attached hydrogen (secondary N) is 1. The average molecular weight is 386 g/mol. The molecule has 1 amide bonds. The van der Waals surface area contributed by atoms with Crippen LogP contribution in [-0.4, -0.2) is 18.5 Å². The maximum atomic E-state index is 13.3. The molecular weight excluding hydrogens is 376 g/mol. The summed E-state index contributed by atoms with van der Waals surface area (Å²) >= 11 is 3.10. The van der Waals surface area contributed by atoms with Crippen LogP contribution >= 0.6 is 15.9 Å². The Morgan fingerprint density at radius 3 is 2.52 bits per heavy atom. The Balaban J connectivity index is 1.84. The first kappa shape index (κ1) is 16.9. The van der Waals surface area contributed by atoms with Gasteiger partial charge in [-0.3, -0.25) is 4.79 Å². The second-order valence-corrected chi connectivity index (χ2v) is 5.01. The second-order valence-electron chi connectivity index (χ2n) is 4.23. The zero-order valence-electron chi connectivity index (χ0n) is 11.5. The van der Waals surface area contributed by atoms with Crippen molar-refractivity contribution in [3.05, 3.63) is 58.5 Å². The van der Waals surface area contributed by atoms with Gasteiger partial charge in [0.1, 0.15) is 23.1 Å². The minimum absolute atomic E-state index is 0.409. The summed E-state index contributed by atoms with van der Waals surface area (Å²) in [4.78, 5) is 23.0. The third-order valence-corrected chi connectivity index (χ3v) is 2.98. The van der Waals surface area contributed by atoms with E-state index < -0.39 is 35.8 Å². The number of anilines is 1. The number of hydrogen-bond acceptors (Lipinski definition) is 4. The molecule has 8 heteroatoms. The Labute approximate surface area is 138 Å². The van der Waals surface area contributed by atoms with Gasteiger partial charge in [0.25, 0.3) is 5.91 Å². The number of amides is 1. The van der Waals surface area contributed by atoms with Crippen molar-refractivity contribution < 1.29 is 27.5 Å². The third-order valence-electron chi connectivity index (χ3n) is 2.55. The average Bonchev–Trinajstić information content (AvgIpc) is 2.92. The highest BCUT2D eigenvalue weighted by Crippen LogP contribution is 2.18. The molecule has 0 radical (unpaired) electrons. The standard InChI is InChI=1S/C15H10BrF2NO4/c16-12-6-4-9(23-12)5-7-14(21)22-8-13(20)19-15-10(17)2-1-3-11(15)18/h1-7H,8H2,(H,19,20)/b7-5+. The summed E-state index contributed by atoms with van der Waals surface area (Å²) in [6, 6.07) is 6.41. The molecule has 0 aliphatic heterocycles. The van der Waals surface area contributed by atoms with E-state index in [1.165, 1.54) is 6.08 Å². The first-order chi connectivity index (χ1) is 11.0. The van der Waals surface area contributed by atoms with Crippen molar-refractivity contribution in [2.75, 3.05) is 11.9 Å². The first-order valence-electron chi connectivity index (χ1n) is 6.30. The topological polar surface area (TPSA) is 68.5 Å². The predicted octanol–water partition coefficient (Wildman–Crippen LogP) is 3.52. The minimum atomic E-state index is -0.923. The number of halogens is 3. The lowest BCUT2D eigenvalue weighted by atomic mass is 10.3. The van der Waals surface area contributed by atoms with E-state index in [2.05, 4.69) is 20.7 Å². The van der Waals surface area contributed by atoms with Crippen LogP contribution < -0.4 is 5.32 Å². The molecule has 0 aliphatic carbocycles. The molecule has 0 saturated heterocycles. The number of carbonyl (C=O) groups is 2. The van der Waals surface area contributed by atoms with Crippen molar-refractivity contribution in [1.29, 1.82) is 0 Å². The quantitative estimate of drug-likeness (QED) is 0.631. The molecule has 5 nitrogen and oxygen atoms in total. The number of esters is 1. The highest BCUT2D eigenvalue weighted by Gasteiger charge is 2.12. The molecule has 23 heavy (non-hydrogen) atoms. The molecule has 0 saturated carbocycles. The number of rotatable bonds is 5. The van der Waals surface area contributed by atoms with Gasteiger partial charge in [-0.15, -0.1) is 0 Å². The van der Waals surface area contributed by atoms with Gasteiger partial charge in [-0.1, -0.05) is 6.07 Å². The van der Waals surface area contributed by atoms with E-state index in [0.29, 0.717) is 10.4 Å². The summed E-state index contributed by atoms with van der Waals surface area (Å²) in [6.07, 6.45) is 2.41. The summed E-state index contributed by atoms with van der Waals surface area (Å²) in [5, 5.41) is 2.00. The smallest absolute Gasteiger partial charge is 0.331 e. The van der Waals surface area contributed by atoms with Crippen LogP contribution in [0.1, 0.15) is 5.76 Å². The molecule has 0 unspecified atom stereocenters. The van der Waals surface area contributed by atoms with Gasteiger partial charge in [0.05, 0.1) is 0 Å². The van der Waals surface area contributed by atoms with Gasteiger partial charge in [0.2, 0.25) is 0 Å². The third kappa shape index (κ3) is 5.03. The fourth-order valence-electron chi connectivity index (χ4n) is 1.55. The van der Waals surface area contributed by atoms with Crippen LogP contribution in [0.25, 0.3) is 6.08 Å². The van der Waals surface area contributed by atoms with Gasteiger partial charge < -0.3 is 14.5 Å². The molecule has 2 rings (SSSR count). The molecule has 0 bridgehead atoms. The van der Waals surface area contributed by atoms with E-state index in [0.717, 1.165) is 24.3 Å². The highest BCUT2D eigenvalue weighted by molar-refractivity contribution is 9.10. The van der Waals surface area contributed by atoms with E-state index in [-0.39, 0.29) is 0 Å². The number of furan rings is 1. The molecule has 1 heterocycles. The fourth-order valence-corrected chi connectivity index (χ4v) is 1.86. The second kappa shape index (κ2) is 7.68. The molecule has 1 aromatic heterocycles. The van der Waals surface area contributed by atoms with Crippen LogP contribution in [0.5, 0.6) is 0 Å². The maximum Gasteiger partial charge on any atom is 0.331 e. The number of ether oxygens (including phenoxy) is 1. The molecular formula is C15H10BrF2NO4. The minimum Gasteiger partial charge on any atom is -0.452 e. The summed E-state index contributed by atoms with van der Waals surface area (Å²) in [6.45, 7) is -0.682. The molecule has 0 spiro atoms. The van der Waals surface area contributed by atoms with Crippen molar-refractivity contribution in [3.8, 4) is 0 Å². The Morgan fingerprint density at radius 2 is 1.91 bits per heavy atom. The Morgan fingerprint density at radius 1 is 1.22 bits per heavy atom. The van der Waals surface area contributed by atoms with Crippen LogP contribution in [-0.2, 0) is 14.3 Å². The van der Waals surface area contributed by atoms with E-state index in [1.54, 1.807) is 12.1 Å². The van der Waals surface area contributed by atoms with Gasteiger partial charge in [0, 0.05) is 6.08 Å². The van der Waals surface area contributed by atoms with E-state index in [4.69, 9.17) is 4.42 Å². The lowest BCUT2D eigenvalue weighted by molar-refractivity contribution is -0.142. The van der Waals surface area contributed by atoms with Gasteiger partial charge in [-0.25, -0.2) is 13.6 Å². The van der Waals surface area contributed by atoms with E-state index >= 15 is 0 Å². The van der Waals surface area contributed by atoms with E-state index in [1.807, 2.05) is 5.32 Å². The Hall–Kier alpha value is -2.48. The molecule has 0 aliphatic rings. The van der Waals surface area contributed by atoms with Crippen molar-refractivity contribution in [1.82, 2.24) is 0 Å². The molecule has 0 fully saturated rings.